The summed E-state index contributed by atoms with van der Waals surface area (Å²) < 4.78 is 0. The molecule has 7 nitrogen and oxygen atoms in total. The van der Waals surface area contributed by atoms with Gasteiger partial charge in [0, 0.05) is 53.2 Å². The zero-order chi connectivity index (χ0) is 18.7. The van der Waals surface area contributed by atoms with Crippen LogP contribution in [0.4, 0.5) is 0 Å². The number of hydrogen-bond donors (Lipinski definition) is 0. The molecule has 24 heavy (non-hydrogen) atoms. The van der Waals surface area contributed by atoms with Crippen molar-refractivity contribution in [1.82, 2.24) is 14.7 Å². The fraction of sp³-hybridized carbons (Fsp3) is 0.765. The maximum absolute atomic E-state index is 11.5. The molecule has 0 N–H and O–H groups in total. The Labute approximate surface area is 146 Å². The monoisotopic (exact) mass is 339 g/mol. The molecule has 2 amide bonds. The largest absolute Gasteiger partial charge is 0.349 e. The standard InChI is InChI=1S/C17H33N5O2/c1-14(19-11-9-17(24)21(5)6)13-22(7)15(2)12-18-10-8-16(23)20(3)4/h10-11,14-15H,8-9,12-13H2,1-7H3. The first kappa shape index (κ1) is 22.2. The molecular weight excluding hydrogens is 306 g/mol. The second-order valence-corrected chi connectivity index (χ2v) is 6.50. The lowest BCUT2D eigenvalue weighted by atomic mass is 10.2. The molecule has 0 aromatic heterocycles. The molecular formula is C17H33N5O2. The van der Waals surface area contributed by atoms with E-state index in [0.717, 1.165) is 6.54 Å². The van der Waals surface area contributed by atoms with Crippen LogP contribution < -0.4 is 0 Å². The Hall–Kier alpha value is -1.76. The van der Waals surface area contributed by atoms with Crippen LogP contribution in [0.5, 0.6) is 0 Å². The van der Waals surface area contributed by atoms with Gasteiger partial charge in [0.2, 0.25) is 11.8 Å². The second kappa shape index (κ2) is 11.7. The van der Waals surface area contributed by atoms with E-state index in [4.69, 9.17) is 0 Å². The van der Waals surface area contributed by atoms with Gasteiger partial charge in [-0.2, -0.15) is 0 Å². The second-order valence-electron chi connectivity index (χ2n) is 6.50. The summed E-state index contributed by atoms with van der Waals surface area (Å²) in [6.07, 6.45) is 4.04. The Bertz CT molecular complexity index is 446. The van der Waals surface area contributed by atoms with Crippen LogP contribution in [0, 0.1) is 0 Å². The van der Waals surface area contributed by atoms with Crippen molar-refractivity contribution in [3.05, 3.63) is 0 Å². The molecule has 0 aromatic rings. The van der Waals surface area contributed by atoms with Crippen molar-refractivity contribution in [3.8, 4) is 0 Å². The highest BCUT2D eigenvalue weighted by atomic mass is 16.2. The third-order valence-electron chi connectivity index (χ3n) is 3.69. The van der Waals surface area contributed by atoms with Gasteiger partial charge in [-0.25, -0.2) is 0 Å². The topological polar surface area (TPSA) is 68.6 Å². The quantitative estimate of drug-likeness (QED) is 0.553. The Morgan fingerprint density at radius 2 is 1.42 bits per heavy atom. The highest BCUT2D eigenvalue weighted by Crippen LogP contribution is 2.01. The fourth-order valence-corrected chi connectivity index (χ4v) is 1.83. The van der Waals surface area contributed by atoms with Crippen molar-refractivity contribution in [3.63, 3.8) is 0 Å². The van der Waals surface area contributed by atoms with Crippen LogP contribution in [-0.2, 0) is 9.59 Å². The average Bonchev–Trinajstić information content (AvgIpc) is 2.50. The highest BCUT2D eigenvalue weighted by molar-refractivity contribution is 5.89. The first-order chi connectivity index (χ1) is 11.1. The van der Waals surface area contributed by atoms with Gasteiger partial charge in [0.05, 0.1) is 25.4 Å². The van der Waals surface area contributed by atoms with Crippen molar-refractivity contribution in [2.24, 2.45) is 9.98 Å². The summed E-state index contributed by atoms with van der Waals surface area (Å²) in [4.78, 5) is 36.9. The zero-order valence-electron chi connectivity index (χ0n) is 16.2. The number of carbonyl (C=O) groups is 2. The molecule has 2 unspecified atom stereocenters. The van der Waals surface area contributed by atoms with Crippen LogP contribution >= 0.6 is 0 Å². The van der Waals surface area contributed by atoms with E-state index in [1.165, 1.54) is 0 Å². The van der Waals surface area contributed by atoms with Crippen LogP contribution in [0.15, 0.2) is 9.98 Å². The van der Waals surface area contributed by atoms with Gasteiger partial charge in [-0.05, 0) is 20.9 Å². The SMILES string of the molecule is CC(CN(C)C(C)CN=CCC(=O)N(C)C)N=CCC(=O)N(C)C. The first-order valence-corrected chi connectivity index (χ1v) is 8.25. The Morgan fingerprint density at radius 3 is 1.92 bits per heavy atom. The lowest BCUT2D eigenvalue weighted by molar-refractivity contribution is -0.128. The summed E-state index contributed by atoms with van der Waals surface area (Å²) in [7, 11) is 8.98. The van der Waals surface area contributed by atoms with E-state index >= 15 is 0 Å². The molecule has 0 heterocycles. The predicted octanol–water partition coefficient (Wildman–Crippen LogP) is 0.793. The lowest BCUT2D eigenvalue weighted by Crippen LogP contribution is -2.36. The van der Waals surface area contributed by atoms with E-state index in [-0.39, 0.29) is 23.9 Å². The van der Waals surface area contributed by atoms with Crippen LogP contribution in [0.1, 0.15) is 26.7 Å². The van der Waals surface area contributed by atoms with Gasteiger partial charge in [-0.3, -0.25) is 24.5 Å². The van der Waals surface area contributed by atoms with Gasteiger partial charge < -0.3 is 9.80 Å². The molecule has 2 atom stereocenters. The molecule has 0 rings (SSSR count). The van der Waals surface area contributed by atoms with Crippen molar-refractivity contribution >= 4 is 24.2 Å². The van der Waals surface area contributed by atoms with Gasteiger partial charge in [0.25, 0.3) is 0 Å². The molecule has 7 heteroatoms. The minimum absolute atomic E-state index is 0.0503. The minimum atomic E-state index is 0.0503. The lowest BCUT2D eigenvalue weighted by Gasteiger charge is -2.25. The summed E-state index contributed by atoms with van der Waals surface area (Å²) in [5.41, 5.74) is 0. The van der Waals surface area contributed by atoms with Crippen LogP contribution in [-0.4, -0.2) is 99.4 Å². The third-order valence-corrected chi connectivity index (χ3v) is 3.69. The van der Waals surface area contributed by atoms with Crippen LogP contribution in [0.2, 0.25) is 0 Å². The van der Waals surface area contributed by atoms with Crippen LogP contribution in [0.3, 0.4) is 0 Å². The van der Waals surface area contributed by atoms with Gasteiger partial charge in [0.15, 0.2) is 0 Å². The Kier molecular flexibility index (Phi) is 10.9. The van der Waals surface area contributed by atoms with Gasteiger partial charge >= 0.3 is 0 Å². The van der Waals surface area contributed by atoms with Crippen molar-refractivity contribution in [1.29, 1.82) is 0 Å². The molecule has 138 valence electrons. The number of aliphatic imine (C=N–C) groups is 2. The number of amides is 2. The molecule has 0 radical (unpaired) electrons. The van der Waals surface area contributed by atoms with E-state index in [1.54, 1.807) is 50.4 Å². The molecule has 0 bridgehead atoms. The van der Waals surface area contributed by atoms with E-state index in [2.05, 4.69) is 21.8 Å². The summed E-state index contributed by atoms with van der Waals surface area (Å²) in [5, 5.41) is 0. The van der Waals surface area contributed by atoms with Crippen molar-refractivity contribution < 1.29 is 9.59 Å². The molecule has 0 aliphatic heterocycles. The normalized spacial score (nSPS) is 14.3. The molecule has 0 spiro atoms. The summed E-state index contributed by atoms with van der Waals surface area (Å²) >= 11 is 0. The fourth-order valence-electron chi connectivity index (χ4n) is 1.83. The Balaban J connectivity index is 4.14. The minimum Gasteiger partial charge on any atom is -0.349 e. The molecule has 0 aliphatic rings. The smallest absolute Gasteiger partial charge is 0.227 e. The Morgan fingerprint density at radius 1 is 0.917 bits per heavy atom. The van der Waals surface area contributed by atoms with Crippen molar-refractivity contribution in [2.45, 2.75) is 38.8 Å². The molecule has 0 fully saturated rings. The predicted molar refractivity (Wildman–Crippen MR) is 100 cm³/mol. The van der Waals surface area contributed by atoms with Gasteiger partial charge in [-0.15, -0.1) is 0 Å². The maximum Gasteiger partial charge on any atom is 0.227 e. The zero-order valence-corrected chi connectivity index (χ0v) is 16.2. The van der Waals surface area contributed by atoms with E-state index in [9.17, 15) is 9.59 Å². The van der Waals surface area contributed by atoms with E-state index in [1.807, 2.05) is 14.0 Å². The summed E-state index contributed by atoms with van der Waals surface area (Å²) in [6, 6.07) is 0.378. The molecule has 0 saturated heterocycles. The molecule has 0 aliphatic carbocycles. The summed E-state index contributed by atoms with van der Waals surface area (Å²) in [6.45, 7) is 5.56. The average molecular weight is 339 g/mol. The first-order valence-electron chi connectivity index (χ1n) is 8.25. The number of nitrogens with zero attached hydrogens (tertiary/aromatic N) is 5. The molecule has 0 aromatic carbocycles. The van der Waals surface area contributed by atoms with Crippen LogP contribution in [0.25, 0.3) is 0 Å². The van der Waals surface area contributed by atoms with E-state index < -0.39 is 0 Å². The summed E-state index contributed by atoms with van der Waals surface area (Å²) in [5.74, 6) is 0.101. The van der Waals surface area contributed by atoms with E-state index in [0.29, 0.717) is 19.4 Å². The van der Waals surface area contributed by atoms with Gasteiger partial charge in [-0.1, -0.05) is 0 Å². The highest BCUT2D eigenvalue weighted by Gasteiger charge is 2.11. The number of carbonyl (C=O) groups excluding carboxylic acids is 2. The number of hydrogen-bond acceptors (Lipinski definition) is 5. The van der Waals surface area contributed by atoms with Gasteiger partial charge in [0.1, 0.15) is 0 Å². The third kappa shape index (κ3) is 10.1. The molecule has 0 saturated carbocycles. The number of likely N-dealkylation sites (N-methyl/N-ethyl adjacent to an activating group) is 1. The maximum atomic E-state index is 11.5. The van der Waals surface area contributed by atoms with Crippen molar-refractivity contribution in [2.75, 3.05) is 48.3 Å². The number of rotatable bonds is 10.